The van der Waals surface area contributed by atoms with Crippen molar-refractivity contribution in [2.75, 3.05) is 19.9 Å². The van der Waals surface area contributed by atoms with Gasteiger partial charge in [-0.3, -0.25) is 0 Å². The minimum atomic E-state index is 0.344. The highest BCUT2D eigenvalue weighted by molar-refractivity contribution is 7.99. The van der Waals surface area contributed by atoms with Gasteiger partial charge in [-0.2, -0.15) is 0 Å². The molecule has 0 radical (unpaired) electrons. The fourth-order valence-electron chi connectivity index (χ4n) is 2.87. The lowest BCUT2D eigenvalue weighted by molar-refractivity contribution is 0.414. The maximum absolute atomic E-state index is 5.24. The lowest BCUT2D eigenvalue weighted by Crippen LogP contribution is -2.23. The predicted octanol–water partition coefficient (Wildman–Crippen LogP) is 3.85. The first-order valence-corrected chi connectivity index (χ1v) is 7.85. The number of hydrogen-bond donors (Lipinski definition) is 1. The molecule has 2 aromatic carbocycles. The Morgan fingerprint density at radius 1 is 1.15 bits per heavy atom. The second-order valence-electron chi connectivity index (χ2n) is 4.99. The summed E-state index contributed by atoms with van der Waals surface area (Å²) in [4.78, 5) is 1.42. The summed E-state index contributed by atoms with van der Waals surface area (Å²) in [6.07, 6.45) is 0. The molecule has 1 aliphatic heterocycles. The molecule has 2 aromatic rings. The highest BCUT2D eigenvalue weighted by Crippen LogP contribution is 2.45. The average molecular weight is 285 g/mol. The molecule has 2 unspecified atom stereocenters. The lowest BCUT2D eigenvalue weighted by Gasteiger charge is -2.24. The number of thioether (sulfide) groups is 1. The molecule has 0 saturated heterocycles. The minimum absolute atomic E-state index is 0.344. The topological polar surface area (TPSA) is 21.3 Å². The summed E-state index contributed by atoms with van der Waals surface area (Å²) in [6, 6.07) is 17.5. The van der Waals surface area contributed by atoms with E-state index in [0.717, 1.165) is 11.5 Å². The van der Waals surface area contributed by atoms with E-state index in [1.54, 1.807) is 7.11 Å². The van der Waals surface area contributed by atoms with Gasteiger partial charge in [0.15, 0.2) is 0 Å². The Balaban J connectivity index is 1.90. The van der Waals surface area contributed by atoms with Crippen molar-refractivity contribution in [2.45, 2.75) is 16.9 Å². The normalized spacial score (nSPS) is 18.6. The van der Waals surface area contributed by atoms with E-state index in [1.807, 2.05) is 30.9 Å². The Labute approximate surface area is 124 Å². The molecule has 1 heterocycles. The number of fused-ring (bicyclic) bond motifs is 1. The van der Waals surface area contributed by atoms with Crippen molar-refractivity contribution in [2.24, 2.45) is 0 Å². The summed E-state index contributed by atoms with van der Waals surface area (Å²) in [5.41, 5.74) is 2.78. The SMILES string of the molecule is CNC(c1ccc(OC)cc1)C1CSc2ccccc21. The van der Waals surface area contributed by atoms with Crippen LogP contribution in [-0.2, 0) is 0 Å². The Hall–Kier alpha value is -1.45. The third-order valence-electron chi connectivity index (χ3n) is 3.93. The van der Waals surface area contributed by atoms with Gasteiger partial charge in [0.05, 0.1) is 7.11 Å². The highest BCUT2D eigenvalue weighted by atomic mass is 32.2. The average Bonchev–Trinajstić information content (AvgIpc) is 2.93. The monoisotopic (exact) mass is 285 g/mol. The first-order valence-electron chi connectivity index (χ1n) is 6.86. The lowest BCUT2D eigenvalue weighted by atomic mass is 9.88. The standard InChI is InChI=1S/C17H19NOS/c1-18-17(12-7-9-13(19-2)10-8-12)15-11-20-16-6-4-3-5-14(15)16/h3-10,15,17-18H,11H2,1-2H3. The quantitative estimate of drug-likeness (QED) is 0.922. The zero-order valence-electron chi connectivity index (χ0n) is 11.8. The molecule has 1 N–H and O–H groups in total. The van der Waals surface area contributed by atoms with Crippen LogP contribution in [0.1, 0.15) is 23.1 Å². The molecule has 0 aromatic heterocycles. The van der Waals surface area contributed by atoms with Gasteiger partial charge in [-0.1, -0.05) is 30.3 Å². The van der Waals surface area contributed by atoms with E-state index in [1.165, 1.54) is 16.0 Å². The van der Waals surface area contributed by atoms with Crippen LogP contribution in [0.25, 0.3) is 0 Å². The predicted molar refractivity (Wildman–Crippen MR) is 84.7 cm³/mol. The highest BCUT2D eigenvalue weighted by Gasteiger charge is 2.30. The van der Waals surface area contributed by atoms with Crippen molar-refractivity contribution in [3.63, 3.8) is 0 Å². The van der Waals surface area contributed by atoms with E-state index in [9.17, 15) is 0 Å². The molecule has 0 spiro atoms. The molecule has 2 nitrogen and oxygen atoms in total. The molecule has 3 rings (SSSR count). The molecule has 3 heteroatoms. The van der Waals surface area contributed by atoms with Gasteiger partial charge < -0.3 is 10.1 Å². The molecule has 0 saturated carbocycles. The second kappa shape index (κ2) is 5.90. The fraction of sp³-hybridized carbons (Fsp3) is 0.294. The molecule has 0 fully saturated rings. The third-order valence-corrected chi connectivity index (χ3v) is 5.13. The van der Waals surface area contributed by atoms with Crippen LogP contribution in [0.3, 0.4) is 0 Å². The van der Waals surface area contributed by atoms with E-state index in [0.29, 0.717) is 12.0 Å². The molecule has 20 heavy (non-hydrogen) atoms. The van der Waals surface area contributed by atoms with Crippen molar-refractivity contribution < 1.29 is 4.74 Å². The molecule has 2 atom stereocenters. The minimum Gasteiger partial charge on any atom is -0.497 e. The van der Waals surface area contributed by atoms with Crippen molar-refractivity contribution in [1.29, 1.82) is 0 Å². The molecule has 0 amide bonds. The Morgan fingerprint density at radius 3 is 2.60 bits per heavy atom. The smallest absolute Gasteiger partial charge is 0.118 e. The van der Waals surface area contributed by atoms with E-state index >= 15 is 0 Å². The van der Waals surface area contributed by atoms with Gasteiger partial charge in [-0.15, -0.1) is 11.8 Å². The number of rotatable bonds is 4. The Morgan fingerprint density at radius 2 is 1.90 bits per heavy atom. The van der Waals surface area contributed by atoms with Crippen LogP contribution in [0.5, 0.6) is 5.75 Å². The summed E-state index contributed by atoms with van der Waals surface area (Å²) in [7, 11) is 3.74. The zero-order valence-corrected chi connectivity index (χ0v) is 12.6. The van der Waals surface area contributed by atoms with Crippen molar-refractivity contribution >= 4 is 11.8 Å². The number of nitrogens with one attached hydrogen (secondary N) is 1. The number of methoxy groups -OCH3 is 1. The number of ether oxygens (including phenoxy) is 1. The zero-order chi connectivity index (χ0) is 13.9. The van der Waals surface area contributed by atoms with E-state index < -0.39 is 0 Å². The molecular formula is C17H19NOS. The third kappa shape index (κ3) is 2.43. The molecule has 0 aliphatic carbocycles. The van der Waals surface area contributed by atoms with Crippen LogP contribution in [-0.4, -0.2) is 19.9 Å². The van der Waals surface area contributed by atoms with E-state index in [2.05, 4.69) is 41.7 Å². The van der Waals surface area contributed by atoms with Crippen LogP contribution in [0.2, 0.25) is 0 Å². The van der Waals surface area contributed by atoms with Crippen LogP contribution in [0, 0.1) is 0 Å². The van der Waals surface area contributed by atoms with Gasteiger partial charge in [0.25, 0.3) is 0 Å². The first-order chi connectivity index (χ1) is 9.83. The summed E-state index contributed by atoms with van der Waals surface area (Å²) >= 11 is 1.96. The van der Waals surface area contributed by atoms with Gasteiger partial charge in [-0.25, -0.2) is 0 Å². The van der Waals surface area contributed by atoms with Crippen LogP contribution < -0.4 is 10.1 Å². The fourth-order valence-corrected chi connectivity index (χ4v) is 4.17. The maximum Gasteiger partial charge on any atom is 0.118 e. The van der Waals surface area contributed by atoms with E-state index in [4.69, 9.17) is 4.74 Å². The van der Waals surface area contributed by atoms with Gasteiger partial charge >= 0.3 is 0 Å². The van der Waals surface area contributed by atoms with Crippen LogP contribution >= 0.6 is 11.8 Å². The van der Waals surface area contributed by atoms with Gasteiger partial charge in [-0.05, 0) is 36.4 Å². The maximum atomic E-state index is 5.24. The van der Waals surface area contributed by atoms with Crippen LogP contribution in [0.15, 0.2) is 53.4 Å². The number of benzene rings is 2. The Bertz CT molecular complexity index is 582. The van der Waals surface area contributed by atoms with Gasteiger partial charge in [0.1, 0.15) is 5.75 Å². The molecular weight excluding hydrogens is 266 g/mol. The van der Waals surface area contributed by atoms with Crippen molar-refractivity contribution in [1.82, 2.24) is 5.32 Å². The molecule has 104 valence electrons. The number of likely N-dealkylation sites (N-methyl/N-ethyl adjacent to an activating group) is 1. The largest absolute Gasteiger partial charge is 0.497 e. The molecule has 1 aliphatic rings. The van der Waals surface area contributed by atoms with E-state index in [-0.39, 0.29) is 0 Å². The van der Waals surface area contributed by atoms with Gasteiger partial charge in [0.2, 0.25) is 0 Å². The second-order valence-corrected chi connectivity index (χ2v) is 6.06. The van der Waals surface area contributed by atoms with Crippen LogP contribution in [0.4, 0.5) is 0 Å². The van der Waals surface area contributed by atoms with Crippen molar-refractivity contribution in [3.8, 4) is 5.75 Å². The first kappa shape index (κ1) is 13.5. The summed E-state index contributed by atoms with van der Waals surface area (Å²) in [6.45, 7) is 0. The summed E-state index contributed by atoms with van der Waals surface area (Å²) in [5, 5.41) is 3.48. The summed E-state index contributed by atoms with van der Waals surface area (Å²) < 4.78 is 5.24. The Kier molecular flexibility index (Phi) is 3.99. The number of hydrogen-bond acceptors (Lipinski definition) is 3. The molecule has 0 bridgehead atoms. The summed E-state index contributed by atoms with van der Waals surface area (Å²) in [5.74, 6) is 2.57. The van der Waals surface area contributed by atoms with Crippen molar-refractivity contribution in [3.05, 3.63) is 59.7 Å². The van der Waals surface area contributed by atoms with Gasteiger partial charge in [0, 0.05) is 22.6 Å².